The van der Waals surface area contributed by atoms with E-state index in [9.17, 15) is 14.0 Å². The van der Waals surface area contributed by atoms with Crippen molar-refractivity contribution in [1.29, 1.82) is 0 Å². The molecule has 0 bridgehead atoms. The molecule has 0 radical (unpaired) electrons. The first-order valence-corrected chi connectivity index (χ1v) is 10.0. The molecule has 2 aromatic carbocycles. The summed E-state index contributed by atoms with van der Waals surface area (Å²) in [6.45, 7) is -0.0324. The second kappa shape index (κ2) is 8.06. The first-order chi connectivity index (χ1) is 13.9. The van der Waals surface area contributed by atoms with Crippen molar-refractivity contribution >= 4 is 52.2 Å². The highest BCUT2D eigenvalue weighted by Crippen LogP contribution is 2.35. The molecule has 0 aliphatic carbocycles. The van der Waals surface area contributed by atoms with Crippen LogP contribution in [0.25, 0.3) is 17.4 Å². The minimum absolute atomic E-state index is 0.0324. The topological polar surface area (TPSA) is 50.5 Å². The van der Waals surface area contributed by atoms with E-state index < -0.39 is 17.0 Å². The van der Waals surface area contributed by atoms with Crippen molar-refractivity contribution in [2.45, 2.75) is 6.54 Å². The van der Waals surface area contributed by atoms with Crippen molar-refractivity contribution in [1.82, 2.24) is 4.90 Å². The zero-order chi connectivity index (χ0) is 20.5. The molecule has 4 rings (SSSR count). The van der Waals surface area contributed by atoms with Gasteiger partial charge in [0, 0.05) is 21.7 Å². The Labute approximate surface area is 179 Å². The third-order valence-electron chi connectivity index (χ3n) is 4.25. The van der Waals surface area contributed by atoms with Crippen LogP contribution in [0.2, 0.25) is 10.0 Å². The van der Waals surface area contributed by atoms with Crippen LogP contribution in [0.1, 0.15) is 11.3 Å². The number of carbonyl (C=O) groups excluding carboxylic acids is 2. The lowest BCUT2D eigenvalue weighted by Gasteiger charge is -2.13. The summed E-state index contributed by atoms with van der Waals surface area (Å²) in [7, 11) is 0. The van der Waals surface area contributed by atoms with Gasteiger partial charge in [-0.2, -0.15) is 0 Å². The zero-order valence-electron chi connectivity index (χ0n) is 14.7. The van der Waals surface area contributed by atoms with Crippen molar-refractivity contribution in [3.8, 4) is 11.3 Å². The number of thioether (sulfide) groups is 1. The predicted octanol–water partition coefficient (Wildman–Crippen LogP) is 6.63. The summed E-state index contributed by atoms with van der Waals surface area (Å²) >= 11 is 12.7. The van der Waals surface area contributed by atoms with Gasteiger partial charge in [-0.25, -0.2) is 4.39 Å². The van der Waals surface area contributed by atoms with Gasteiger partial charge in [0.15, 0.2) is 0 Å². The highest BCUT2D eigenvalue weighted by Gasteiger charge is 2.35. The molecule has 1 aromatic heterocycles. The van der Waals surface area contributed by atoms with Crippen LogP contribution in [0.5, 0.6) is 0 Å². The van der Waals surface area contributed by atoms with Crippen LogP contribution in [0, 0.1) is 5.82 Å². The number of nitrogens with zero attached hydrogens (tertiary/aromatic N) is 1. The molecule has 2 heterocycles. The summed E-state index contributed by atoms with van der Waals surface area (Å²) in [6, 6.07) is 14.5. The molecule has 8 heteroatoms. The maximum atomic E-state index is 13.2. The zero-order valence-corrected chi connectivity index (χ0v) is 17.0. The van der Waals surface area contributed by atoms with E-state index in [2.05, 4.69) is 0 Å². The number of halogens is 3. The van der Waals surface area contributed by atoms with E-state index in [0.29, 0.717) is 22.1 Å². The SMILES string of the molecule is O=C1S/C(=C\c2ccc(-c3ccc(Cl)cc3)o2)C(=O)N1Cc1ccc(F)cc1Cl. The summed E-state index contributed by atoms with van der Waals surface area (Å²) in [5.74, 6) is 0.123. The molecule has 3 aromatic rings. The largest absolute Gasteiger partial charge is 0.457 e. The maximum absolute atomic E-state index is 13.2. The quantitative estimate of drug-likeness (QED) is 0.421. The molecule has 29 heavy (non-hydrogen) atoms. The van der Waals surface area contributed by atoms with Crippen LogP contribution in [-0.4, -0.2) is 16.0 Å². The number of amides is 2. The summed E-state index contributed by atoms with van der Waals surface area (Å²) in [5.41, 5.74) is 1.33. The van der Waals surface area contributed by atoms with Crippen LogP contribution in [0.15, 0.2) is 63.9 Å². The van der Waals surface area contributed by atoms with Crippen molar-refractivity contribution in [2.24, 2.45) is 0 Å². The van der Waals surface area contributed by atoms with Crippen molar-refractivity contribution in [2.75, 3.05) is 0 Å². The molecule has 0 saturated carbocycles. The number of benzene rings is 2. The number of furan rings is 1. The Morgan fingerprint density at radius 1 is 1.03 bits per heavy atom. The number of hydrogen-bond donors (Lipinski definition) is 0. The fourth-order valence-electron chi connectivity index (χ4n) is 2.79. The van der Waals surface area contributed by atoms with E-state index in [0.717, 1.165) is 28.3 Å². The fourth-order valence-corrected chi connectivity index (χ4v) is 3.96. The average molecular weight is 448 g/mol. The van der Waals surface area contributed by atoms with Crippen molar-refractivity contribution in [3.63, 3.8) is 0 Å². The fraction of sp³-hybridized carbons (Fsp3) is 0.0476. The number of carbonyl (C=O) groups is 2. The van der Waals surface area contributed by atoms with Gasteiger partial charge in [-0.3, -0.25) is 14.5 Å². The molecule has 2 amide bonds. The smallest absolute Gasteiger partial charge is 0.293 e. The van der Waals surface area contributed by atoms with Gasteiger partial charge < -0.3 is 4.42 Å². The minimum Gasteiger partial charge on any atom is -0.457 e. The van der Waals surface area contributed by atoms with Gasteiger partial charge in [0.1, 0.15) is 17.3 Å². The highest BCUT2D eigenvalue weighted by molar-refractivity contribution is 8.18. The van der Waals surface area contributed by atoms with Crippen LogP contribution >= 0.6 is 35.0 Å². The molecular weight excluding hydrogens is 436 g/mol. The lowest BCUT2D eigenvalue weighted by Crippen LogP contribution is -2.27. The molecule has 0 unspecified atom stereocenters. The summed E-state index contributed by atoms with van der Waals surface area (Å²) in [6.07, 6.45) is 1.52. The van der Waals surface area contributed by atoms with Gasteiger partial charge in [-0.15, -0.1) is 0 Å². The van der Waals surface area contributed by atoms with E-state index in [1.165, 1.54) is 18.2 Å². The van der Waals surface area contributed by atoms with Gasteiger partial charge in [-0.05, 0) is 65.9 Å². The van der Waals surface area contributed by atoms with Crippen LogP contribution in [0.4, 0.5) is 9.18 Å². The molecule has 1 saturated heterocycles. The number of imide groups is 1. The molecule has 0 spiro atoms. The Hall–Kier alpha value is -2.54. The van der Waals surface area contributed by atoms with E-state index in [1.807, 2.05) is 12.1 Å². The van der Waals surface area contributed by atoms with Gasteiger partial charge in [0.2, 0.25) is 0 Å². The number of hydrogen-bond acceptors (Lipinski definition) is 4. The molecule has 146 valence electrons. The van der Waals surface area contributed by atoms with Gasteiger partial charge in [-0.1, -0.05) is 29.3 Å². The van der Waals surface area contributed by atoms with Crippen molar-refractivity contribution in [3.05, 3.63) is 86.7 Å². The Morgan fingerprint density at radius 3 is 2.52 bits per heavy atom. The van der Waals surface area contributed by atoms with E-state index in [4.69, 9.17) is 27.6 Å². The summed E-state index contributed by atoms with van der Waals surface area (Å²) in [5, 5.41) is 0.355. The maximum Gasteiger partial charge on any atom is 0.293 e. The Kier molecular flexibility index (Phi) is 5.50. The molecule has 1 aliphatic heterocycles. The molecule has 0 atom stereocenters. The third-order valence-corrected chi connectivity index (χ3v) is 5.76. The summed E-state index contributed by atoms with van der Waals surface area (Å²) in [4.78, 5) is 26.3. The van der Waals surface area contributed by atoms with E-state index in [1.54, 1.807) is 24.3 Å². The lowest BCUT2D eigenvalue weighted by atomic mass is 10.2. The first kappa shape index (κ1) is 19.8. The van der Waals surface area contributed by atoms with Gasteiger partial charge >= 0.3 is 0 Å². The average Bonchev–Trinajstić information content (AvgIpc) is 3.25. The van der Waals surface area contributed by atoms with E-state index in [-0.39, 0.29) is 16.5 Å². The lowest BCUT2D eigenvalue weighted by molar-refractivity contribution is -0.123. The predicted molar refractivity (Wildman–Crippen MR) is 112 cm³/mol. The Bertz CT molecular complexity index is 1140. The number of rotatable bonds is 4. The van der Waals surface area contributed by atoms with Crippen molar-refractivity contribution < 1.29 is 18.4 Å². The second-order valence-corrected chi connectivity index (χ2v) is 8.05. The first-order valence-electron chi connectivity index (χ1n) is 8.46. The van der Waals surface area contributed by atoms with Crippen LogP contribution in [0.3, 0.4) is 0 Å². The monoisotopic (exact) mass is 447 g/mol. The van der Waals surface area contributed by atoms with Crippen LogP contribution < -0.4 is 0 Å². The van der Waals surface area contributed by atoms with Crippen LogP contribution in [-0.2, 0) is 11.3 Å². The molecule has 4 nitrogen and oxygen atoms in total. The standard InChI is InChI=1S/C21H12Cl2FNO3S/c22-14-4-1-12(2-5-14)18-8-7-16(28-18)10-19-20(26)25(21(27)29-19)11-13-3-6-15(24)9-17(13)23/h1-10H,11H2/b19-10-. The normalized spacial score (nSPS) is 15.6. The second-order valence-electron chi connectivity index (χ2n) is 6.21. The summed E-state index contributed by atoms with van der Waals surface area (Å²) < 4.78 is 19.0. The van der Waals surface area contributed by atoms with E-state index >= 15 is 0 Å². The van der Waals surface area contributed by atoms with Gasteiger partial charge in [0.05, 0.1) is 11.4 Å². The minimum atomic E-state index is -0.484. The molecule has 1 aliphatic rings. The Balaban J connectivity index is 1.54. The highest BCUT2D eigenvalue weighted by atomic mass is 35.5. The molecule has 1 fully saturated rings. The molecule has 0 N–H and O–H groups in total. The third kappa shape index (κ3) is 4.24. The molecular formula is C21H12Cl2FNO3S. The van der Waals surface area contributed by atoms with Gasteiger partial charge in [0.25, 0.3) is 11.1 Å². The Morgan fingerprint density at radius 2 is 1.79 bits per heavy atom.